The van der Waals surface area contributed by atoms with Crippen LogP contribution in [0.2, 0.25) is 0 Å². The molecule has 1 amide bonds. The van der Waals surface area contributed by atoms with E-state index in [1.165, 1.54) is 0 Å². The highest BCUT2D eigenvalue weighted by atomic mass is 16.1. The molecular formula is C16H14N4O. The van der Waals surface area contributed by atoms with Crippen LogP contribution in [0, 0.1) is 6.92 Å². The largest absolute Gasteiger partial charge is 0.320 e. The van der Waals surface area contributed by atoms with Gasteiger partial charge in [-0.25, -0.2) is 4.68 Å². The molecule has 0 bridgehead atoms. The SMILES string of the molecule is Cc1cncc(NC(=O)c2cnn(-c3ccccc3)c2)c1. The molecule has 0 fully saturated rings. The molecule has 0 aliphatic rings. The van der Waals surface area contributed by atoms with Crippen LogP contribution in [0.3, 0.4) is 0 Å². The summed E-state index contributed by atoms with van der Waals surface area (Å²) in [6.45, 7) is 1.93. The summed E-state index contributed by atoms with van der Waals surface area (Å²) in [5, 5.41) is 7.02. The van der Waals surface area contributed by atoms with Gasteiger partial charge in [-0.15, -0.1) is 0 Å². The average molecular weight is 278 g/mol. The van der Waals surface area contributed by atoms with E-state index >= 15 is 0 Å². The normalized spacial score (nSPS) is 10.3. The average Bonchev–Trinajstić information content (AvgIpc) is 2.98. The van der Waals surface area contributed by atoms with Crippen molar-refractivity contribution in [1.29, 1.82) is 0 Å². The van der Waals surface area contributed by atoms with E-state index in [9.17, 15) is 4.79 Å². The molecule has 3 rings (SSSR count). The van der Waals surface area contributed by atoms with Crippen molar-refractivity contribution in [3.63, 3.8) is 0 Å². The van der Waals surface area contributed by atoms with E-state index in [-0.39, 0.29) is 5.91 Å². The minimum absolute atomic E-state index is 0.204. The van der Waals surface area contributed by atoms with Gasteiger partial charge in [0.25, 0.3) is 5.91 Å². The van der Waals surface area contributed by atoms with Crippen molar-refractivity contribution in [2.45, 2.75) is 6.92 Å². The van der Waals surface area contributed by atoms with Gasteiger partial charge in [0.1, 0.15) is 0 Å². The lowest BCUT2D eigenvalue weighted by molar-refractivity contribution is 0.102. The maximum atomic E-state index is 12.2. The van der Waals surface area contributed by atoms with E-state index in [1.807, 2.05) is 43.3 Å². The first-order chi connectivity index (χ1) is 10.2. The van der Waals surface area contributed by atoms with Gasteiger partial charge in [0.15, 0.2) is 0 Å². The summed E-state index contributed by atoms with van der Waals surface area (Å²) in [7, 11) is 0. The van der Waals surface area contributed by atoms with Crippen molar-refractivity contribution in [3.8, 4) is 5.69 Å². The standard InChI is InChI=1S/C16H14N4O/c1-12-7-14(10-17-8-12)19-16(21)13-9-18-20(11-13)15-5-3-2-4-6-15/h2-11H,1H3,(H,19,21). The maximum Gasteiger partial charge on any atom is 0.258 e. The highest BCUT2D eigenvalue weighted by molar-refractivity contribution is 6.03. The third kappa shape index (κ3) is 2.97. The smallest absolute Gasteiger partial charge is 0.258 e. The molecule has 1 N–H and O–H groups in total. The van der Waals surface area contributed by atoms with Gasteiger partial charge in [0, 0.05) is 12.4 Å². The highest BCUT2D eigenvalue weighted by Crippen LogP contribution is 2.11. The predicted octanol–water partition coefficient (Wildman–Crippen LogP) is 2.83. The number of hydrogen-bond acceptors (Lipinski definition) is 3. The van der Waals surface area contributed by atoms with Crippen molar-refractivity contribution < 1.29 is 4.79 Å². The Morgan fingerprint density at radius 1 is 1.14 bits per heavy atom. The molecule has 5 nitrogen and oxygen atoms in total. The Morgan fingerprint density at radius 2 is 1.95 bits per heavy atom. The molecule has 0 unspecified atom stereocenters. The number of para-hydroxylation sites is 1. The molecule has 104 valence electrons. The topological polar surface area (TPSA) is 59.8 Å². The Morgan fingerprint density at radius 3 is 2.71 bits per heavy atom. The van der Waals surface area contributed by atoms with Gasteiger partial charge in [-0.05, 0) is 30.7 Å². The van der Waals surface area contributed by atoms with E-state index in [4.69, 9.17) is 0 Å². The third-order valence-electron chi connectivity index (χ3n) is 3.00. The number of aromatic nitrogens is 3. The summed E-state index contributed by atoms with van der Waals surface area (Å²) in [6.07, 6.45) is 6.61. The highest BCUT2D eigenvalue weighted by Gasteiger charge is 2.10. The van der Waals surface area contributed by atoms with Crippen LogP contribution in [0.4, 0.5) is 5.69 Å². The first kappa shape index (κ1) is 13.1. The van der Waals surface area contributed by atoms with Crippen LogP contribution in [0.25, 0.3) is 5.69 Å². The molecule has 0 saturated carbocycles. The number of carbonyl (C=O) groups is 1. The Labute approximate surface area is 122 Å². The predicted molar refractivity (Wildman–Crippen MR) is 80.5 cm³/mol. The van der Waals surface area contributed by atoms with Crippen molar-refractivity contribution in [2.24, 2.45) is 0 Å². The lowest BCUT2D eigenvalue weighted by Gasteiger charge is -2.03. The number of benzene rings is 1. The van der Waals surface area contributed by atoms with E-state index in [0.29, 0.717) is 11.3 Å². The Kier molecular flexibility index (Phi) is 3.47. The van der Waals surface area contributed by atoms with Crippen LogP contribution in [-0.2, 0) is 0 Å². The molecular weight excluding hydrogens is 264 g/mol. The van der Waals surface area contributed by atoms with Crippen molar-refractivity contribution in [3.05, 3.63) is 72.3 Å². The van der Waals surface area contributed by atoms with Gasteiger partial charge in [-0.2, -0.15) is 5.10 Å². The number of hydrogen-bond donors (Lipinski definition) is 1. The molecule has 21 heavy (non-hydrogen) atoms. The summed E-state index contributed by atoms with van der Waals surface area (Å²) >= 11 is 0. The number of rotatable bonds is 3. The minimum atomic E-state index is -0.204. The third-order valence-corrected chi connectivity index (χ3v) is 3.00. The van der Waals surface area contributed by atoms with Crippen LogP contribution < -0.4 is 5.32 Å². The molecule has 0 saturated heterocycles. The Bertz CT molecular complexity index is 765. The van der Waals surface area contributed by atoms with Crippen molar-refractivity contribution in [2.75, 3.05) is 5.32 Å². The van der Waals surface area contributed by atoms with Crippen LogP contribution in [0.15, 0.2) is 61.2 Å². The first-order valence-corrected chi connectivity index (χ1v) is 6.55. The molecule has 1 aromatic carbocycles. The monoisotopic (exact) mass is 278 g/mol. The lowest BCUT2D eigenvalue weighted by Crippen LogP contribution is -2.11. The van der Waals surface area contributed by atoms with Crippen LogP contribution in [0.5, 0.6) is 0 Å². The maximum absolute atomic E-state index is 12.2. The number of nitrogens with one attached hydrogen (secondary N) is 1. The number of anilines is 1. The van der Waals surface area contributed by atoms with Gasteiger partial charge in [0.05, 0.1) is 29.3 Å². The second kappa shape index (κ2) is 5.58. The fourth-order valence-corrected chi connectivity index (χ4v) is 1.99. The number of pyridine rings is 1. The number of carbonyl (C=O) groups excluding carboxylic acids is 1. The lowest BCUT2D eigenvalue weighted by atomic mass is 10.2. The minimum Gasteiger partial charge on any atom is -0.320 e. The fraction of sp³-hybridized carbons (Fsp3) is 0.0625. The molecule has 5 heteroatoms. The Balaban J connectivity index is 1.78. The van der Waals surface area contributed by atoms with Crippen LogP contribution in [0.1, 0.15) is 15.9 Å². The zero-order valence-electron chi connectivity index (χ0n) is 11.5. The van der Waals surface area contributed by atoms with Gasteiger partial charge in [-0.1, -0.05) is 18.2 Å². The number of nitrogens with zero attached hydrogens (tertiary/aromatic N) is 3. The summed E-state index contributed by atoms with van der Waals surface area (Å²) in [5.41, 5.74) is 3.08. The summed E-state index contributed by atoms with van der Waals surface area (Å²) in [5.74, 6) is -0.204. The number of aryl methyl sites for hydroxylation is 1. The van der Waals surface area contributed by atoms with Gasteiger partial charge >= 0.3 is 0 Å². The molecule has 0 radical (unpaired) electrons. The second-order valence-corrected chi connectivity index (χ2v) is 4.71. The van der Waals surface area contributed by atoms with Crippen LogP contribution >= 0.6 is 0 Å². The van der Waals surface area contributed by atoms with Gasteiger partial charge in [0.2, 0.25) is 0 Å². The van der Waals surface area contributed by atoms with Gasteiger partial charge < -0.3 is 5.32 Å². The number of amides is 1. The fourth-order valence-electron chi connectivity index (χ4n) is 1.99. The zero-order chi connectivity index (χ0) is 14.7. The van der Waals surface area contributed by atoms with Crippen LogP contribution in [-0.4, -0.2) is 20.7 Å². The van der Waals surface area contributed by atoms with Crippen molar-refractivity contribution >= 4 is 11.6 Å². The summed E-state index contributed by atoms with van der Waals surface area (Å²) in [6, 6.07) is 11.5. The van der Waals surface area contributed by atoms with Gasteiger partial charge in [-0.3, -0.25) is 9.78 Å². The van der Waals surface area contributed by atoms with E-state index in [1.54, 1.807) is 29.5 Å². The molecule has 2 aromatic heterocycles. The van der Waals surface area contributed by atoms with Crippen molar-refractivity contribution in [1.82, 2.24) is 14.8 Å². The zero-order valence-corrected chi connectivity index (χ0v) is 11.5. The second-order valence-electron chi connectivity index (χ2n) is 4.71. The Hall–Kier alpha value is -2.95. The van der Waals surface area contributed by atoms with E-state index in [0.717, 1.165) is 11.3 Å². The molecule has 3 aromatic rings. The molecule has 0 aliphatic carbocycles. The molecule has 0 atom stereocenters. The first-order valence-electron chi connectivity index (χ1n) is 6.55. The van der Waals surface area contributed by atoms with E-state index in [2.05, 4.69) is 15.4 Å². The molecule has 2 heterocycles. The summed E-state index contributed by atoms with van der Waals surface area (Å²) < 4.78 is 1.67. The molecule has 0 spiro atoms. The quantitative estimate of drug-likeness (QED) is 0.801. The van der Waals surface area contributed by atoms with E-state index < -0.39 is 0 Å². The molecule has 0 aliphatic heterocycles. The summed E-state index contributed by atoms with van der Waals surface area (Å²) in [4.78, 5) is 16.2.